The van der Waals surface area contributed by atoms with Crippen molar-refractivity contribution in [2.24, 2.45) is 11.3 Å². The number of benzene rings is 2. The summed E-state index contributed by atoms with van der Waals surface area (Å²) in [5.74, 6) is -2.63. The van der Waals surface area contributed by atoms with Crippen molar-refractivity contribution in [2.75, 3.05) is 0 Å². The lowest BCUT2D eigenvalue weighted by atomic mass is 9.53. The Kier molecular flexibility index (Phi) is 3.87. The van der Waals surface area contributed by atoms with Crippen LogP contribution in [-0.2, 0) is 19.2 Å². The Morgan fingerprint density at radius 3 is 2.04 bits per heavy atom. The molecule has 0 radical (unpaired) electrons. The van der Waals surface area contributed by atoms with Crippen molar-refractivity contribution in [3.8, 4) is 0 Å². The molecule has 2 fully saturated rings. The number of amides is 1. The molecule has 1 heterocycles. The van der Waals surface area contributed by atoms with Crippen LogP contribution in [-0.4, -0.2) is 17.7 Å². The predicted molar refractivity (Wildman–Crippen MR) is 93.8 cm³/mol. The molecule has 2 aromatic carbocycles. The molecular weight excluding hydrogens is 330 g/mol. The van der Waals surface area contributed by atoms with E-state index in [-0.39, 0.29) is 12.2 Å². The summed E-state index contributed by atoms with van der Waals surface area (Å²) in [6.45, 7) is 1.79. The lowest BCUT2D eigenvalue weighted by molar-refractivity contribution is -0.156. The zero-order valence-electron chi connectivity index (χ0n) is 14.3. The Hall–Kier alpha value is -2.95. The van der Waals surface area contributed by atoms with Gasteiger partial charge < -0.3 is 4.84 Å². The Morgan fingerprint density at radius 2 is 1.50 bits per heavy atom. The largest absolute Gasteiger partial charge is 0.349 e. The third-order valence-corrected chi connectivity index (χ3v) is 5.76. The van der Waals surface area contributed by atoms with E-state index < -0.39 is 35.0 Å². The highest BCUT2D eigenvalue weighted by molar-refractivity contribution is 6.10. The summed E-state index contributed by atoms with van der Waals surface area (Å²) in [4.78, 5) is 43.8. The molecule has 2 aliphatic rings. The van der Waals surface area contributed by atoms with Crippen LogP contribution in [0.5, 0.6) is 0 Å². The molecule has 26 heavy (non-hydrogen) atoms. The van der Waals surface area contributed by atoms with Crippen LogP contribution in [0.4, 0.5) is 0 Å². The normalized spacial score (nSPS) is 31.0. The van der Waals surface area contributed by atoms with Gasteiger partial charge in [0.05, 0.1) is 0 Å². The molecule has 1 aliphatic heterocycles. The average Bonchev–Trinajstić information content (AvgIpc) is 2.96. The van der Waals surface area contributed by atoms with Gasteiger partial charge in [0, 0.05) is 24.2 Å². The van der Waals surface area contributed by atoms with Crippen molar-refractivity contribution >= 4 is 17.7 Å². The predicted octanol–water partition coefficient (Wildman–Crippen LogP) is 2.74. The van der Waals surface area contributed by atoms with Crippen molar-refractivity contribution in [1.82, 2.24) is 5.48 Å². The van der Waals surface area contributed by atoms with E-state index in [1.807, 2.05) is 60.7 Å². The number of Topliss-reactive ketones (excluding diaryl/α,β-unsaturated/α-hetero) is 1. The number of hydrogen-bond donors (Lipinski definition) is 1. The first kappa shape index (κ1) is 16.5. The molecule has 2 unspecified atom stereocenters. The van der Waals surface area contributed by atoms with Gasteiger partial charge in [0.1, 0.15) is 5.78 Å². The quantitative estimate of drug-likeness (QED) is 0.846. The van der Waals surface area contributed by atoms with Crippen molar-refractivity contribution in [1.29, 1.82) is 0 Å². The summed E-state index contributed by atoms with van der Waals surface area (Å²) in [5.41, 5.74) is 2.41. The monoisotopic (exact) mass is 349 g/mol. The molecule has 5 nitrogen and oxygen atoms in total. The molecule has 5 heteroatoms. The van der Waals surface area contributed by atoms with Crippen LogP contribution in [0, 0.1) is 11.3 Å². The third-order valence-electron chi connectivity index (χ3n) is 5.76. The summed E-state index contributed by atoms with van der Waals surface area (Å²) in [7, 11) is 0. The highest BCUT2D eigenvalue weighted by Crippen LogP contribution is 2.58. The number of ketones is 1. The smallest absolute Gasteiger partial charge is 0.339 e. The minimum atomic E-state index is -1.45. The molecule has 4 atom stereocenters. The molecule has 132 valence electrons. The van der Waals surface area contributed by atoms with Gasteiger partial charge in [0.15, 0.2) is 5.41 Å². The van der Waals surface area contributed by atoms with E-state index in [0.29, 0.717) is 0 Å². The minimum absolute atomic E-state index is 0.0471. The standard InChI is InChI=1S/C21H19NO4/c1-13-17(23)12-16(14-8-4-2-5-9-14)21(19(24)22-26-20(21)25)18(13)15-10-6-3-7-11-15/h2-11,13,16,18H,12H2,1H3,(H,22,24)/t13-,16?,18-,21?/m0/s1. The lowest BCUT2D eigenvalue weighted by Crippen LogP contribution is -2.53. The fourth-order valence-electron chi connectivity index (χ4n) is 4.55. The Labute approximate surface area is 151 Å². The summed E-state index contributed by atoms with van der Waals surface area (Å²) < 4.78 is 0. The van der Waals surface area contributed by atoms with E-state index in [9.17, 15) is 14.4 Å². The molecular formula is C21H19NO4. The van der Waals surface area contributed by atoms with Crippen molar-refractivity contribution in [3.05, 3.63) is 71.8 Å². The minimum Gasteiger partial charge on any atom is -0.339 e. The molecule has 1 spiro atoms. The maximum Gasteiger partial charge on any atom is 0.349 e. The van der Waals surface area contributed by atoms with Crippen molar-refractivity contribution in [2.45, 2.75) is 25.2 Å². The molecule has 2 aromatic rings. The van der Waals surface area contributed by atoms with E-state index in [0.717, 1.165) is 11.1 Å². The third kappa shape index (κ3) is 2.20. The topological polar surface area (TPSA) is 72.5 Å². The van der Waals surface area contributed by atoms with E-state index >= 15 is 0 Å². The second-order valence-electron chi connectivity index (χ2n) is 7.00. The number of hydroxylamine groups is 1. The van der Waals surface area contributed by atoms with Gasteiger partial charge in [-0.15, -0.1) is 0 Å². The SMILES string of the molecule is C[C@H]1C(=O)CC(c2ccccc2)C2(C(=O)NOC2=O)[C@@H]1c1ccccc1. The first-order chi connectivity index (χ1) is 12.6. The van der Waals surface area contributed by atoms with E-state index in [1.165, 1.54) is 0 Å². The molecule has 1 N–H and O–H groups in total. The molecule has 1 amide bonds. The average molecular weight is 349 g/mol. The fraction of sp³-hybridized carbons (Fsp3) is 0.286. The van der Waals surface area contributed by atoms with Crippen LogP contribution >= 0.6 is 0 Å². The van der Waals surface area contributed by atoms with Gasteiger partial charge in [-0.2, -0.15) is 5.48 Å². The number of carbonyl (C=O) groups is 3. The molecule has 1 saturated carbocycles. The fourth-order valence-corrected chi connectivity index (χ4v) is 4.55. The van der Waals surface area contributed by atoms with Crippen LogP contribution in [0.3, 0.4) is 0 Å². The zero-order chi connectivity index (χ0) is 18.3. The van der Waals surface area contributed by atoms with E-state index in [4.69, 9.17) is 4.84 Å². The Bertz CT molecular complexity index is 846. The maximum atomic E-state index is 13.0. The van der Waals surface area contributed by atoms with Crippen molar-refractivity contribution < 1.29 is 19.2 Å². The van der Waals surface area contributed by atoms with Gasteiger partial charge in [-0.05, 0) is 11.1 Å². The van der Waals surface area contributed by atoms with Gasteiger partial charge in [-0.25, -0.2) is 4.79 Å². The Balaban J connectivity index is 1.97. The summed E-state index contributed by atoms with van der Waals surface area (Å²) >= 11 is 0. The summed E-state index contributed by atoms with van der Waals surface area (Å²) in [6.07, 6.45) is 0.136. The summed E-state index contributed by atoms with van der Waals surface area (Å²) in [5, 5.41) is 0. The first-order valence-electron chi connectivity index (χ1n) is 8.71. The Morgan fingerprint density at radius 1 is 0.923 bits per heavy atom. The van der Waals surface area contributed by atoms with Gasteiger partial charge in [0.2, 0.25) is 0 Å². The zero-order valence-corrected chi connectivity index (χ0v) is 14.3. The van der Waals surface area contributed by atoms with Gasteiger partial charge in [0.25, 0.3) is 5.91 Å². The van der Waals surface area contributed by atoms with Crippen LogP contribution in [0.1, 0.15) is 36.3 Å². The lowest BCUT2D eigenvalue weighted by Gasteiger charge is -2.45. The molecule has 1 saturated heterocycles. The molecule has 0 aromatic heterocycles. The molecule has 0 bridgehead atoms. The van der Waals surface area contributed by atoms with Crippen LogP contribution in [0.2, 0.25) is 0 Å². The second kappa shape index (κ2) is 6.09. The number of carbonyl (C=O) groups excluding carboxylic acids is 3. The molecule has 1 aliphatic carbocycles. The first-order valence-corrected chi connectivity index (χ1v) is 8.71. The van der Waals surface area contributed by atoms with Gasteiger partial charge >= 0.3 is 5.97 Å². The highest BCUT2D eigenvalue weighted by atomic mass is 16.7. The van der Waals surface area contributed by atoms with Crippen LogP contribution in [0.15, 0.2) is 60.7 Å². The van der Waals surface area contributed by atoms with Crippen LogP contribution < -0.4 is 5.48 Å². The van der Waals surface area contributed by atoms with E-state index in [2.05, 4.69) is 5.48 Å². The van der Waals surface area contributed by atoms with E-state index in [1.54, 1.807) is 6.92 Å². The van der Waals surface area contributed by atoms with Gasteiger partial charge in [-0.1, -0.05) is 67.6 Å². The highest BCUT2D eigenvalue weighted by Gasteiger charge is 2.67. The van der Waals surface area contributed by atoms with Crippen LogP contribution in [0.25, 0.3) is 0 Å². The van der Waals surface area contributed by atoms with Crippen molar-refractivity contribution in [3.63, 3.8) is 0 Å². The summed E-state index contributed by atoms with van der Waals surface area (Å²) in [6, 6.07) is 18.6. The number of hydrogen-bond acceptors (Lipinski definition) is 4. The number of rotatable bonds is 2. The van der Waals surface area contributed by atoms with Gasteiger partial charge in [-0.3, -0.25) is 9.59 Å². The maximum absolute atomic E-state index is 13.0. The number of nitrogens with one attached hydrogen (secondary N) is 1. The molecule has 4 rings (SSSR count). The second-order valence-corrected chi connectivity index (χ2v) is 7.00.